The average molecular weight is 338 g/mol. The second kappa shape index (κ2) is 6.13. The lowest BCUT2D eigenvalue weighted by molar-refractivity contribution is 0.611. The first-order chi connectivity index (χ1) is 11.7. The van der Waals surface area contributed by atoms with Gasteiger partial charge in [-0.1, -0.05) is 12.1 Å². The molecule has 0 fully saturated rings. The molecule has 0 amide bonds. The van der Waals surface area contributed by atoms with Gasteiger partial charge in [0.1, 0.15) is 18.2 Å². The molecule has 24 heavy (non-hydrogen) atoms. The molecule has 0 saturated heterocycles. The maximum absolute atomic E-state index is 13.2. The van der Waals surface area contributed by atoms with E-state index in [9.17, 15) is 4.39 Å². The Balaban J connectivity index is 1.77. The van der Waals surface area contributed by atoms with Crippen LogP contribution >= 0.6 is 11.8 Å². The number of hydrogen-bond donors (Lipinski definition) is 1. The van der Waals surface area contributed by atoms with Crippen LogP contribution in [0.5, 0.6) is 0 Å². The molecule has 1 aliphatic heterocycles. The van der Waals surface area contributed by atoms with Crippen LogP contribution < -0.4 is 5.32 Å². The van der Waals surface area contributed by atoms with E-state index in [4.69, 9.17) is 0 Å². The molecule has 0 aliphatic carbocycles. The van der Waals surface area contributed by atoms with E-state index in [-0.39, 0.29) is 11.9 Å². The standard InChI is InChI=1S/C18H15FN4S/c1-24-15-8-4-13(5-9-15)17-10-16(12-2-6-14(19)7-3-12)22-18-20-11-21-23(17)18/h2-11,17H,1H3,(H,20,21,22). The Hall–Kier alpha value is -2.60. The van der Waals surface area contributed by atoms with E-state index in [1.54, 1.807) is 23.9 Å². The van der Waals surface area contributed by atoms with Gasteiger partial charge in [0, 0.05) is 10.6 Å². The summed E-state index contributed by atoms with van der Waals surface area (Å²) in [6.07, 6.45) is 5.68. The minimum absolute atomic E-state index is 0.0558. The second-order valence-electron chi connectivity index (χ2n) is 5.46. The number of nitrogens with one attached hydrogen (secondary N) is 1. The molecule has 1 aliphatic rings. The number of hydrogen-bond acceptors (Lipinski definition) is 4. The third kappa shape index (κ3) is 2.69. The zero-order valence-corrected chi connectivity index (χ0v) is 13.8. The summed E-state index contributed by atoms with van der Waals surface area (Å²) in [5.41, 5.74) is 2.94. The van der Waals surface area contributed by atoms with Crippen molar-refractivity contribution in [2.24, 2.45) is 0 Å². The largest absolute Gasteiger partial charge is 0.324 e. The third-order valence-corrected chi connectivity index (χ3v) is 4.76. The third-order valence-electron chi connectivity index (χ3n) is 4.02. The van der Waals surface area contributed by atoms with Crippen LogP contribution in [0, 0.1) is 5.82 Å². The van der Waals surface area contributed by atoms with E-state index in [0.29, 0.717) is 5.95 Å². The van der Waals surface area contributed by atoms with E-state index in [1.807, 2.05) is 4.68 Å². The maximum atomic E-state index is 13.2. The molecule has 6 heteroatoms. The fourth-order valence-electron chi connectivity index (χ4n) is 2.77. The molecule has 3 aromatic rings. The fourth-order valence-corrected chi connectivity index (χ4v) is 3.18. The van der Waals surface area contributed by atoms with Crippen molar-refractivity contribution in [1.82, 2.24) is 14.8 Å². The summed E-state index contributed by atoms with van der Waals surface area (Å²) in [4.78, 5) is 5.50. The monoisotopic (exact) mass is 338 g/mol. The van der Waals surface area contributed by atoms with Gasteiger partial charge in [0.25, 0.3) is 0 Å². The minimum Gasteiger partial charge on any atom is -0.324 e. The van der Waals surface area contributed by atoms with Gasteiger partial charge in [-0.25, -0.2) is 9.07 Å². The number of halogens is 1. The molecular formula is C18H15FN4S. The fraction of sp³-hybridized carbons (Fsp3) is 0.111. The maximum Gasteiger partial charge on any atom is 0.226 e. The van der Waals surface area contributed by atoms with Crippen LogP contribution in [0.2, 0.25) is 0 Å². The number of benzene rings is 2. The first kappa shape index (κ1) is 15.0. The number of anilines is 1. The van der Waals surface area contributed by atoms with E-state index >= 15 is 0 Å². The van der Waals surface area contributed by atoms with Gasteiger partial charge < -0.3 is 5.32 Å². The van der Waals surface area contributed by atoms with Crippen molar-refractivity contribution in [3.8, 4) is 0 Å². The van der Waals surface area contributed by atoms with Gasteiger partial charge in [0.15, 0.2) is 0 Å². The Morgan fingerprint density at radius 1 is 1.08 bits per heavy atom. The van der Waals surface area contributed by atoms with Crippen molar-refractivity contribution in [1.29, 1.82) is 0 Å². The highest BCUT2D eigenvalue weighted by atomic mass is 32.2. The molecular weight excluding hydrogens is 323 g/mol. The molecule has 0 spiro atoms. The molecule has 0 radical (unpaired) electrons. The Kier molecular flexibility index (Phi) is 3.82. The Morgan fingerprint density at radius 3 is 2.54 bits per heavy atom. The van der Waals surface area contributed by atoms with Crippen molar-refractivity contribution in [2.75, 3.05) is 11.6 Å². The normalized spacial score (nSPS) is 16.2. The van der Waals surface area contributed by atoms with Crippen LogP contribution in [-0.4, -0.2) is 21.0 Å². The predicted octanol–water partition coefficient (Wildman–Crippen LogP) is 4.20. The molecule has 1 aromatic heterocycles. The summed E-state index contributed by atoms with van der Waals surface area (Å²) in [6, 6.07) is 14.8. The molecule has 1 N–H and O–H groups in total. The lowest BCUT2D eigenvalue weighted by Gasteiger charge is -2.24. The number of allylic oxidation sites excluding steroid dienone is 1. The summed E-state index contributed by atoms with van der Waals surface area (Å²) >= 11 is 1.71. The Bertz CT molecular complexity index is 884. The molecule has 0 bridgehead atoms. The molecule has 4 nitrogen and oxygen atoms in total. The van der Waals surface area contributed by atoms with E-state index < -0.39 is 0 Å². The molecule has 120 valence electrons. The van der Waals surface area contributed by atoms with Gasteiger partial charge in [0.05, 0.1) is 0 Å². The van der Waals surface area contributed by atoms with E-state index in [2.05, 4.69) is 52.0 Å². The van der Waals surface area contributed by atoms with Gasteiger partial charge in [-0.15, -0.1) is 11.8 Å². The zero-order chi connectivity index (χ0) is 16.5. The minimum atomic E-state index is -0.248. The van der Waals surface area contributed by atoms with Crippen molar-refractivity contribution in [2.45, 2.75) is 10.9 Å². The molecule has 1 atom stereocenters. The van der Waals surface area contributed by atoms with Crippen LogP contribution in [0.4, 0.5) is 10.3 Å². The number of aromatic nitrogens is 3. The SMILES string of the molecule is CSc1ccc(C2C=C(c3ccc(F)cc3)Nc3ncnn32)cc1. The van der Waals surface area contributed by atoms with Crippen LogP contribution in [-0.2, 0) is 0 Å². The highest BCUT2D eigenvalue weighted by Gasteiger charge is 2.23. The lowest BCUT2D eigenvalue weighted by atomic mass is 10.0. The average Bonchev–Trinajstić information content (AvgIpc) is 3.10. The van der Waals surface area contributed by atoms with Gasteiger partial charge in [0.2, 0.25) is 5.95 Å². The predicted molar refractivity (Wildman–Crippen MR) is 94.4 cm³/mol. The molecule has 1 unspecified atom stereocenters. The van der Waals surface area contributed by atoms with Crippen molar-refractivity contribution in [3.05, 3.63) is 77.9 Å². The van der Waals surface area contributed by atoms with Crippen molar-refractivity contribution >= 4 is 23.4 Å². The van der Waals surface area contributed by atoms with Gasteiger partial charge >= 0.3 is 0 Å². The summed E-state index contributed by atoms with van der Waals surface area (Å²) in [6.45, 7) is 0. The molecule has 2 heterocycles. The number of rotatable bonds is 3. The van der Waals surface area contributed by atoms with Crippen molar-refractivity contribution < 1.29 is 4.39 Å². The number of thioether (sulfide) groups is 1. The lowest BCUT2D eigenvalue weighted by Crippen LogP contribution is -2.20. The summed E-state index contributed by atoms with van der Waals surface area (Å²) < 4.78 is 15.0. The van der Waals surface area contributed by atoms with E-state index in [0.717, 1.165) is 16.8 Å². The quantitative estimate of drug-likeness (QED) is 0.727. The van der Waals surface area contributed by atoms with Crippen LogP contribution in [0.25, 0.3) is 5.70 Å². The Labute approximate surface area is 143 Å². The number of fused-ring (bicyclic) bond motifs is 1. The summed E-state index contributed by atoms with van der Waals surface area (Å²) in [5, 5.41) is 7.59. The van der Waals surface area contributed by atoms with Gasteiger partial charge in [-0.3, -0.25) is 0 Å². The molecule has 4 rings (SSSR count). The van der Waals surface area contributed by atoms with Gasteiger partial charge in [-0.2, -0.15) is 10.1 Å². The summed E-state index contributed by atoms with van der Waals surface area (Å²) in [5.74, 6) is 0.429. The molecule has 0 saturated carbocycles. The number of nitrogens with zero attached hydrogens (tertiary/aromatic N) is 3. The second-order valence-corrected chi connectivity index (χ2v) is 6.34. The van der Waals surface area contributed by atoms with Gasteiger partial charge in [-0.05, 0) is 59.9 Å². The Morgan fingerprint density at radius 2 is 1.83 bits per heavy atom. The highest BCUT2D eigenvalue weighted by Crippen LogP contribution is 2.32. The van der Waals surface area contributed by atoms with Crippen molar-refractivity contribution in [3.63, 3.8) is 0 Å². The highest BCUT2D eigenvalue weighted by molar-refractivity contribution is 7.98. The smallest absolute Gasteiger partial charge is 0.226 e. The van der Waals surface area contributed by atoms with Crippen LogP contribution in [0.1, 0.15) is 17.2 Å². The van der Waals surface area contributed by atoms with E-state index in [1.165, 1.54) is 23.4 Å². The van der Waals surface area contributed by atoms with Crippen LogP contribution in [0.15, 0.2) is 65.8 Å². The first-order valence-corrected chi connectivity index (χ1v) is 8.75. The van der Waals surface area contributed by atoms with Crippen LogP contribution in [0.3, 0.4) is 0 Å². The summed E-state index contributed by atoms with van der Waals surface area (Å²) in [7, 11) is 0. The molecule has 2 aromatic carbocycles. The zero-order valence-electron chi connectivity index (χ0n) is 13.0. The first-order valence-electron chi connectivity index (χ1n) is 7.53. The topological polar surface area (TPSA) is 42.7 Å².